The van der Waals surface area contributed by atoms with E-state index in [1.807, 2.05) is 51.1 Å². The summed E-state index contributed by atoms with van der Waals surface area (Å²) in [7, 11) is -3.91. The molecule has 3 rings (SSSR count). The minimum Gasteiger partial charge on any atom is -0.350 e. The monoisotopic (exact) mass is 422 g/mol. The summed E-state index contributed by atoms with van der Waals surface area (Å²) >= 11 is 0. The number of benzene rings is 3. The minimum atomic E-state index is -3.91. The number of rotatable bonds is 7. The predicted molar refractivity (Wildman–Crippen MR) is 120 cm³/mol. The van der Waals surface area contributed by atoms with Gasteiger partial charge in [-0.25, -0.2) is 8.42 Å². The molecular weight excluding hydrogens is 396 g/mol. The first-order valence-corrected chi connectivity index (χ1v) is 11.2. The highest BCUT2D eigenvalue weighted by Crippen LogP contribution is 2.28. The number of aryl methyl sites for hydroxylation is 2. The van der Waals surface area contributed by atoms with Crippen LogP contribution in [0.1, 0.15) is 22.3 Å². The Morgan fingerprint density at radius 3 is 2.30 bits per heavy atom. The Bertz CT molecular complexity index is 1140. The maximum Gasteiger partial charge on any atom is 0.264 e. The van der Waals surface area contributed by atoms with E-state index in [9.17, 15) is 13.2 Å². The fourth-order valence-electron chi connectivity index (χ4n) is 3.23. The van der Waals surface area contributed by atoms with Crippen LogP contribution in [-0.4, -0.2) is 20.9 Å². The lowest BCUT2D eigenvalue weighted by atomic mass is 10.1. The third-order valence-corrected chi connectivity index (χ3v) is 6.81. The number of sulfonamides is 1. The van der Waals surface area contributed by atoms with E-state index in [0.29, 0.717) is 12.2 Å². The molecule has 6 heteroatoms. The number of hydrogen-bond acceptors (Lipinski definition) is 3. The van der Waals surface area contributed by atoms with Gasteiger partial charge in [-0.15, -0.1) is 0 Å². The topological polar surface area (TPSA) is 66.5 Å². The number of carbonyl (C=O) groups excluding carboxylic acids is 1. The summed E-state index contributed by atoms with van der Waals surface area (Å²) in [4.78, 5) is 12.9. The van der Waals surface area contributed by atoms with Crippen molar-refractivity contribution >= 4 is 21.6 Å². The lowest BCUT2D eigenvalue weighted by Crippen LogP contribution is -2.41. The average molecular weight is 423 g/mol. The quantitative estimate of drug-likeness (QED) is 0.623. The van der Waals surface area contributed by atoms with Crippen LogP contribution in [0, 0.1) is 20.8 Å². The van der Waals surface area contributed by atoms with Crippen molar-refractivity contribution in [2.45, 2.75) is 32.2 Å². The lowest BCUT2D eigenvalue weighted by Gasteiger charge is -2.26. The van der Waals surface area contributed by atoms with Crippen molar-refractivity contribution in [3.63, 3.8) is 0 Å². The Kier molecular flexibility index (Phi) is 6.57. The Hall–Kier alpha value is -3.12. The summed E-state index contributed by atoms with van der Waals surface area (Å²) in [5.74, 6) is -0.364. The number of nitrogens with one attached hydrogen (secondary N) is 1. The molecule has 0 aliphatic rings. The number of anilines is 1. The molecule has 1 amide bonds. The van der Waals surface area contributed by atoms with Crippen LogP contribution < -0.4 is 9.62 Å². The van der Waals surface area contributed by atoms with Gasteiger partial charge in [0.15, 0.2) is 0 Å². The van der Waals surface area contributed by atoms with Crippen LogP contribution in [0.25, 0.3) is 0 Å². The normalized spacial score (nSPS) is 11.2. The second-order valence-electron chi connectivity index (χ2n) is 7.31. The van der Waals surface area contributed by atoms with Crippen molar-refractivity contribution in [2.75, 3.05) is 10.8 Å². The highest BCUT2D eigenvalue weighted by molar-refractivity contribution is 7.92. The van der Waals surface area contributed by atoms with Crippen LogP contribution in [0.5, 0.6) is 0 Å². The van der Waals surface area contributed by atoms with E-state index in [1.165, 1.54) is 16.4 Å². The molecule has 30 heavy (non-hydrogen) atoms. The van der Waals surface area contributed by atoms with Crippen molar-refractivity contribution in [3.05, 3.63) is 95.1 Å². The van der Waals surface area contributed by atoms with Crippen molar-refractivity contribution < 1.29 is 13.2 Å². The van der Waals surface area contributed by atoms with Crippen LogP contribution >= 0.6 is 0 Å². The smallest absolute Gasteiger partial charge is 0.264 e. The van der Waals surface area contributed by atoms with Gasteiger partial charge in [0, 0.05) is 6.54 Å². The summed E-state index contributed by atoms with van der Waals surface area (Å²) in [6, 6.07) is 21.5. The number of hydrogen-bond donors (Lipinski definition) is 1. The lowest BCUT2D eigenvalue weighted by molar-refractivity contribution is -0.119. The molecule has 0 saturated heterocycles. The Balaban J connectivity index is 1.90. The number of carbonyl (C=O) groups is 1. The molecule has 5 nitrogen and oxygen atoms in total. The van der Waals surface area contributed by atoms with Crippen molar-refractivity contribution in [2.24, 2.45) is 0 Å². The van der Waals surface area contributed by atoms with E-state index in [0.717, 1.165) is 22.3 Å². The second kappa shape index (κ2) is 9.13. The standard InChI is InChI=1S/C24H26N2O3S/c1-18-9-7-11-21(15-18)16-25-24(27)17-26(23-14-8-10-19(2)20(23)3)30(28,29)22-12-5-4-6-13-22/h4-15H,16-17H2,1-3H3,(H,25,27). The van der Waals surface area contributed by atoms with E-state index >= 15 is 0 Å². The van der Waals surface area contributed by atoms with Gasteiger partial charge in [0.05, 0.1) is 10.6 Å². The third-order valence-electron chi connectivity index (χ3n) is 5.04. The van der Waals surface area contributed by atoms with Gasteiger partial charge in [0.1, 0.15) is 6.54 Å². The van der Waals surface area contributed by atoms with Crippen molar-refractivity contribution in [1.29, 1.82) is 0 Å². The maximum atomic E-state index is 13.4. The molecule has 1 N–H and O–H groups in total. The van der Waals surface area contributed by atoms with Crippen LogP contribution in [0.4, 0.5) is 5.69 Å². The molecule has 0 spiro atoms. The molecule has 0 atom stereocenters. The molecule has 3 aromatic carbocycles. The van der Waals surface area contributed by atoms with E-state index < -0.39 is 10.0 Å². The summed E-state index contributed by atoms with van der Waals surface area (Å²) in [5, 5.41) is 2.84. The predicted octanol–water partition coefficient (Wildman–Crippen LogP) is 4.12. The van der Waals surface area contributed by atoms with Crippen LogP contribution in [0.15, 0.2) is 77.7 Å². The summed E-state index contributed by atoms with van der Waals surface area (Å²) in [6.07, 6.45) is 0. The number of nitrogens with zero attached hydrogens (tertiary/aromatic N) is 1. The average Bonchev–Trinajstić information content (AvgIpc) is 2.73. The molecule has 156 valence electrons. The molecular formula is C24H26N2O3S. The fourth-order valence-corrected chi connectivity index (χ4v) is 4.73. The second-order valence-corrected chi connectivity index (χ2v) is 9.17. The van der Waals surface area contributed by atoms with E-state index in [4.69, 9.17) is 0 Å². The zero-order valence-corrected chi connectivity index (χ0v) is 18.2. The molecule has 0 aliphatic heterocycles. The van der Waals surface area contributed by atoms with Crippen molar-refractivity contribution in [3.8, 4) is 0 Å². The van der Waals surface area contributed by atoms with Gasteiger partial charge in [-0.2, -0.15) is 0 Å². The largest absolute Gasteiger partial charge is 0.350 e. The molecule has 0 heterocycles. The molecule has 0 saturated carbocycles. The highest BCUT2D eigenvalue weighted by atomic mass is 32.2. The molecule has 0 radical (unpaired) electrons. The molecule has 3 aromatic rings. The third kappa shape index (κ3) is 4.89. The van der Waals surface area contributed by atoms with Gasteiger partial charge >= 0.3 is 0 Å². The van der Waals surface area contributed by atoms with Gasteiger partial charge in [-0.3, -0.25) is 9.10 Å². The van der Waals surface area contributed by atoms with Gasteiger partial charge in [0.2, 0.25) is 5.91 Å². The number of amides is 1. The first kappa shape index (κ1) is 21.6. The van der Waals surface area contributed by atoms with Gasteiger partial charge in [-0.1, -0.05) is 60.2 Å². The van der Waals surface area contributed by atoms with Crippen LogP contribution in [0.2, 0.25) is 0 Å². The SMILES string of the molecule is Cc1cccc(CNC(=O)CN(c2cccc(C)c2C)S(=O)(=O)c2ccccc2)c1. The van der Waals surface area contributed by atoms with Crippen LogP contribution in [-0.2, 0) is 21.4 Å². The Labute approximate surface area is 178 Å². The Morgan fingerprint density at radius 2 is 1.60 bits per heavy atom. The maximum absolute atomic E-state index is 13.4. The highest BCUT2D eigenvalue weighted by Gasteiger charge is 2.28. The molecule has 0 fully saturated rings. The molecule has 0 unspecified atom stereocenters. The zero-order chi connectivity index (χ0) is 21.7. The van der Waals surface area contributed by atoms with E-state index in [-0.39, 0.29) is 17.3 Å². The molecule has 0 aromatic heterocycles. The van der Waals surface area contributed by atoms with E-state index in [2.05, 4.69) is 5.32 Å². The molecule has 0 bridgehead atoms. The Morgan fingerprint density at radius 1 is 0.900 bits per heavy atom. The summed E-state index contributed by atoms with van der Waals surface area (Å²) in [5.41, 5.74) is 4.35. The van der Waals surface area contributed by atoms with Gasteiger partial charge < -0.3 is 5.32 Å². The van der Waals surface area contributed by atoms with Gasteiger partial charge in [-0.05, 0) is 55.7 Å². The zero-order valence-electron chi connectivity index (χ0n) is 17.4. The van der Waals surface area contributed by atoms with Crippen LogP contribution in [0.3, 0.4) is 0 Å². The fraction of sp³-hybridized carbons (Fsp3) is 0.208. The first-order valence-electron chi connectivity index (χ1n) is 9.75. The molecule has 0 aliphatic carbocycles. The van der Waals surface area contributed by atoms with Crippen molar-refractivity contribution in [1.82, 2.24) is 5.32 Å². The summed E-state index contributed by atoms with van der Waals surface area (Å²) < 4.78 is 28.0. The van der Waals surface area contributed by atoms with E-state index in [1.54, 1.807) is 30.3 Å². The summed E-state index contributed by atoms with van der Waals surface area (Å²) in [6.45, 7) is 5.81. The first-order chi connectivity index (χ1) is 14.3. The van der Waals surface area contributed by atoms with Gasteiger partial charge in [0.25, 0.3) is 10.0 Å². The minimum absolute atomic E-state index is 0.150.